The molecule has 0 fully saturated rings. The SMILES string of the molecule is C=C(Nc1ccc(NCC)cc1S(C)(=O)=O)c1c(C2=C[CH]2)n2ccccc2c(Cc2ccc(F)c(F)c2)c1=O. The van der Waals surface area contributed by atoms with Gasteiger partial charge in [0.15, 0.2) is 26.9 Å². The lowest BCUT2D eigenvalue weighted by atomic mass is 9.97. The third-order valence-electron chi connectivity index (χ3n) is 6.47. The van der Waals surface area contributed by atoms with Gasteiger partial charge in [0, 0.05) is 48.8 Å². The number of allylic oxidation sites excluding steroid dienone is 2. The molecule has 5 rings (SSSR count). The molecular weight excluding hydrogens is 520 g/mol. The number of sulfone groups is 1. The van der Waals surface area contributed by atoms with Crippen molar-refractivity contribution in [2.75, 3.05) is 23.4 Å². The highest BCUT2D eigenvalue weighted by Crippen LogP contribution is 2.36. The van der Waals surface area contributed by atoms with Gasteiger partial charge in [-0.05, 0) is 60.5 Å². The van der Waals surface area contributed by atoms with Crippen molar-refractivity contribution in [3.8, 4) is 0 Å². The number of anilines is 2. The van der Waals surface area contributed by atoms with Crippen LogP contribution in [0.4, 0.5) is 20.2 Å². The quantitative estimate of drug-likeness (QED) is 0.282. The number of rotatable bonds is 9. The molecule has 2 heterocycles. The topological polar surface area (TPSA) is 79.7 Å². The van der Waals surface area contributed by atoms with Crippen LogP contribution in [-0.4, -0.2) is 25.6 Å². The van der Waals surface area contributed by atoms with E-state index in [1.165, 1.54) is 12.1 Å². The van der Waals surface area contributed by atoms with Crippen LogP contribution in [0, 0.1) is 18.1 Å². The molecular formula is C30H26F2N3O3S. The molecule has 6 nitrogen and oxygen atoms in total. The predicted molar refractivity (Wildman–Crippen MR) is 151 cm³/mol. The van der Waals surface area contributed by atoms with Gasteiger partial charge in [-0.1, -0.05) is 24.8 Å². The lowest BCUT2D eigenvalue weighted by molar-refractivity contribution is 0.507. The predicted octanol–water partition coefficient (Wildman–Crippen LogP) is 5.69. The molecule has 0 amide bonds. The van der Waals surface area contributed by atoms with E-state index in [0.29, 0.717) is 34.6 Å². The molecule has 0 saturated heterocycles. The van der Waals surface area contributed by atoms with Crippen LogP contribution in [0.5, 0.6) is 0 Å². The second-order valence-corrected chi connectivity index (χ2v) is 11.3. The Bertz CT molecular complexity index is 1840. The van der Waals surface area contributed by atoms with Crippen LogP contribution in [-0.2, 0) is 16.3 Å². The number of fused-ring (bicyclic) bond motifs is 1. The van der Waals surface area contributed by atoms with Gasteiger partial charge >= 0.3 is 0 Å². The molecule has 1 aliphatic rings. The maximum Gasteiger partial charge on any atom is 0.195 e. The van der Waals surface area contributed by atoms with Crippen molar-refractivity contribution >= 4 is 38.0 Å². The van der Waals surface area contributed by atoms with Crippen LogP contribution in [0.15, 0.2) is 83.1 Å². The summed E-state index contributed by atoms with van der Waals surface area (Å²) in [5, 5.41) is 6.18. The maximum atomic E-state index is 14.1. The fraction of sp³-hybridized carbons (Fsp3) is 0.133. The zero-order valence-corrected chi connectivity index (χ0v) is 22.2. The summed E-state index contributed by atoms with van der Waals surface area (Å²) in [6, 6.07) is 13.9. The first-order chi connectivity index (χ1) is 18.6. The Labute approximate surface area is 225 Å². The number of aromatic nitrogens is 1. The number of nitrogens with zero attached hydrogens (tertiary/aromatic N) is 1. The van der Waals surface area contributed by atoms with E-state index in [1.54, 1.807) is 24.3 Å². The Morgan fingerprint density at radius 3 is 2.49 bits per heavy atom. The molecule has 0 aliphatic heterocycles. The van der Waals surface area contributed by atoms with E-state index in [-0.39, 0.29) is 33.7 Å². The summed E-state index contributed by atoms with van der Waals surface area (Å²) in [5.41, 5.74) is 3.91. The van der Waals surface area contributed by atoms with Gasteiger partial charge in [0.2, 0.25) is 0 Å². The molecule has 9 heteroatoms. The zero-order chi connectivity index (χ0) is 27.9. The third kappa shape index (κ3) is 5.22. The van der Waals surface area contributed by atoms with Crippen molar-refractivity contribution in [3.05, 3.63) is 124 Å². The van der Waals surface area contributed by atoms with Gasteiger partial charge in [-0.25, -0.2) is 17.2 Å². The van der Waals surface area contributed by atoms with Gasteiger partial charge in [-0.15, -0.1) is 0 Å². The smallest absolute Gasteiger partial charge is 0.195 e. The lowest BCUT2D eigenvalue weighted by Crippen LogP contribution is -2.23. The molecule has 1 radical (unpaired) electrons. The normalized spacial score (nSPS) is 12.8. The second-order valence-electron chi connectivity index (χ2n) is 9.32. The van der Waals surface area contributed by atoms with E-state index < -0.39 is 21.5 Å². The molecule has 39 heavy (non-hydrogen) atoms. The molecule has 2 aromatic heterocycles. The summed E-state index contributed by atoms with van der Waals surface area (Å²) >= 11 is 0. The first-order valence-corrected chi connectivity index (χ1v) is 14.2. The standard InChI is InChI=1S/C30H26F2N3O3S/c1-4-33-21-11-13-25(27(17-21)39(3,37)38)34-18(2)28-29(20-9-10-20)35-14-6-5-7-26(35)22(30(28)36)15-19-8-12-23(31)24(32)16-19/h5-14,16-17,33-34H,2,4,15H2,1,3H3. The summed E-state index contributed by atoms with van der Waals surface area (Å²) in [6.45, 7) is 6.65. The zero-order valence-electron chi connectivity index (χ0n) is 21.4. The molecule has 0 saturated carbocycles. The number of pyridine rings is 2. The van der Waals surface area contributed by atoms with Gasteiger partial charge in [-0.3, -0.25) is 4.79 Å². The van der Waals surface area contributed by atoms with E-state index >= 15 is 0 Å². The Hall–Kier alpha value is -4.24. The van der Waals surface area contributed by atoms with Crippen LogP contribution in [0.2, 0.25) is 0 Å². The summed E-state index contributed by atoms with van der Waals surface area (Å²) in [5.74, 6) is -1.96. The minimum absolute atomic E-state index is 0.0544. The average Bonchev–Trinajstić information content (AvgIpc) is 3.73. The summed E-state index contributed by atoms with van der Waals surface area (Å²) in [7, 11) is -3.63. The highest BCUT2D eigenvalue weighted by Gasteiger charge is 2.26. The number of hydrogen-bond donors (Lipinski definition) is 2. The van der Waals surface area contributed by atoms with E-state index in [2.05, 4.69) is 17.2 Å². The van der Waals surface area contributed by atoms with Crippen molar-refractivity contribution in [2.24, 2.45) is 0 Å². The van der Waals surface area contributed by atoms with Crippen LogP contribution in [0.3, 0.4) is 0 Å². The van der Waals surface area contributed by atoms with Crippen LogP contribution in [0.1, 0.15) is 29.3 Å². The Morgan fingerprint density at radius 2 is 1.82 bits per heavy atom. The van der Waals surface area contributed by atoms with Crippen LogP contribution < -0.4 is 16.1 Å². The first-order valence-electron chi connectivity index (χ1n) is 12.3. The summed E-state index contributed by atoms with van der Waals surface area (Å²) in [4.78, 5) is 14.2. The monoisotopic (exact) mass is 546 g/mol. The molecule has 0 atom stereocenters. The summed E-state index contributed by atoms with van der Waals surface area (Å²) < 4.78 is 54.7. The molecule has 0 bridgehead atoms. The fourth-order valence-corrected chi connectivity index (χ4v) is 5.50. The molecule has 0 unspecified atom stereocenters. The number of halogens is 2. The number of benzene rings is 2. The number of nitrogens with one attached hydrogen (secondary N) is 2. The molecule has 1 aliphatic carbocycles. The van der Waals surface area contributed by atoms with Gasteiger partial charge in [0.05, 0.1) is 27.4 Å². The highest BCUT2D eigenvalue weighted by molar-refractivity contribution is 7.90. The first kappa shape index (κ1) is 26.4. The van der Waals surface area contributed by atoms with Gasteiger partial charge in [0.25, 0.3) is 0 Å². The van der Waals surface area contributed by atoms with Gasteiger partial charge in [-0.2, -0.15) is 0 Å². The van der Waals surface area contributed by atoms with Crippen molar-refractivity contribution in [1.29, 1.82) is 0 Å². The minimum Gasteiger partial charge on any atom is -0.385 e. The molecule has 4 aromatic rings. The van der Waals surface area contributed by atoms with Crippen LogP contribution in [0.25, 0.3) is 16.8 Å². The van der Waals surface area contributed by atoms with E-state index in [1.807, 2.05) is 36.1 Å². The molecule has 2 N–H and O–H groups in total. The third-order valence-corrected chi connectivity index (χ3v) is 7.61. The van der Waals surface area contributed by atoms with Crippen molar-refractivity contribution in [1.82, 2.24) is 4.40 Å². The molecule has 199 valence electrons. The molecule has 2 aromatic carbocycles. The van der Waals surface area contributed by atoms with Crippen molar-refractivity contribution < 1.29 is 17.2 Å². The van der Waals surface area contributed by atoms with E-state index in [4.69, 9.17) is 0 Å². The Balaban J connectivity index is 1.67. The maximum absolute atomic E-state index is 14.1. The van der Waals surface area contributed by atoms with Crippen molar-refractivity contribution in [2.45, 2.75) is 18.2 Å². The summed E-state index contributed by atoms with van der Waals surface area (Å²) in [6.07, 6.45) is 6.72. The average molecular weight is 547 g/mol. The Kier molecular flexibility index (Phi) is 6.86. The largest absolute Gasteiger partial charge is 0.385 e. The Morgan fingerprint density at radius 1 is 1.05 bits per heavy atom. The van der Waals surface area contributed by atoms with E-state index in [9.17, 15) is 22.0 Å². The van der Waals surface area contributed by atoms with E-state index in [0.717, 1.165) is 24.0 Å². The van der Waals surface area contributed by atoms with Gasteiger partial charge < -0.3 is 15.0 Å². The fourth-order valence-electron chi connectivity index (χ4n) is 4.64. The van der Waals surface area contributed by atoms with Gasteiger partial charge in [0.1, 0.15) is 0 Å². The number of hydrogen-bond acceptors (Lipinski definition) is 5. The lowest BCUT2D eigenvalue weighted by Gasteiger charge is -2.20. The second kappa shape index (κ2) is 10.1. The minimum atomic E-state index is -3.63. The molecule has 0 spiro atoms. The highest BCUT2D eigenvalue weighted by atomic mass is 32.2. The van der Waals surface area contributed by atoms with Crippen LogP contribution >= 0.6 is 0 Å². The van der Waals surface area contributed by atoms with Crippen molar-refractivity contribution in [3.63, 3.8) is 0 Å².